The molecule has 0 atom stereocenters. The van der Waals surface area contributed by atoms with E-state index in [1.165, 1.54) is 6.08 Å². The molecule has 1 heterocycles. The van der Waals surface area contributed by atoms with Gasteiger partial charge in [-0.25, -0.2) is 19.7 Å². The van der Waals surface area contributed by atoms with E-state index in [-0.39, 0.29) is 11.5 Å². The lowest BCUT2D eigenvalue weighted by molar-refractivity contribution is -0.131. The predicted molar refractivity (Wildman–Crippen MR) is 116 cm³/mol. The van der Waals surface area contributed by atoms with Crippen molar-refractivity contribution in [3.63, 3.8) is 0 Å². The first kappa shape index (κ1) is 19.8. The van der Waals surface area contributed by atoms with Gasteiger partial charge in [-0.2, -0.15) is 0 Å². The van der Waals surface area contributed by atoms with Crippen LogP contribution in [0.4, 0.5) is 0 Å². The van der Waals surface area contributed by atoms with Crippen LogP contribution in [0.3, 0.4) is 0 Å². The van der Waals surface area contributed by atoms with E-state index in [1.807, 2.05) is 0 Å². The van der Waals surface area contributed by atoms with Gasteiger partial charge in [0.15, 0.2) is 17.5 Å². The molecule has 0 aliphatic heterocycles. The van der Waals surface area contributed by atoms with Crippen LogP contribution in [0.25, 0.3) is 40.2 Å². The largest absolute Gasteiger partial charge is 0.508 e. The molecule has 4 rings (SSSR count). The number of aromatic hydroxyl groups is 2. The molecule has 0 fully saturated rings. The van der Waals surface area contributed by atoms with Gasteiger partial charge < -0.3 is 15.3 Å². The quantitative estimate of drug-likeness (QED) is 0.417. The highest BCUT2D eigenvalue weighted by Crippen LogP contribution is 2.26. The molecular weight excluding hydrogens is 394 g/mol. The number of carboxylic acids is 1. The molecule has 0 aliphatic carbocycles. The van der Waals surface area contributed by atoms with Crippen LogP contribution in [-0.4, -0.2) is 36.2 Å². The van der Waals surface area contributed by atoms with Crippen LogP contribution in [-0.2, 0) is 4.79 Å². The van der Waals surface area contributed by atoms with Gasteiger partial charge >= 0.3 is 5.97 Å². The lowest BCUT2D eigenvalue weighted by Crippen LogP contribution is -2.00. The average Bonchev–Trinajstić information content (AvgIpc) is 2.79. The zero-order chi connectivity index (χ0) is 21.8. The molecule has 0 unspecified atom stereocenters. The number of nitrogens with zero attached hydrogens (tertiary/aromatic N) is 3. The summed E-state index contributed by atoms with van der Waals surface area (Å²) in [4.78, 5) is 24.4. The summed E-state index contributed by atoms with van der Waals surface area (Å²) in [6.07, 6.45) is 2.58. The van der Waals surface area contributed by atoms with Crippen LogP contribution in [0.2, 0.25) is 0 Å². The second kappa shape index (κ2) is 8.46. The van der Waals surface area contributed by atoms with Crippen molar-refractivity contribution in [2.45, 2.75) is 0 Å². The van der Waals surface area contributed by atoms with E-state index in [2.05, 4.69) is 15.0 Å². The Morgan fingerprint density at radius 2 is 0.968 bits per heavy atom. The summed E-state index contributed by atoms with van der Waals surface area (Å²) >= 11 is 0. The normalized spacial score (nSPS) is 11.0. The number of aromatic nitrogens is 3. The molecule has 0 aliphatic rings. The summed E-state index contributed by atoms with van der Waals surface area (Å²) < 4.78 is 0. The van der Waals surface area contributed by atoms with Gasteiger partial charge in [0.25, 0.3) is 0 Å². The maximum Gasteiger partial charge on any atom is 0.328 e. The Bertz CT molecular complexity index is 1190. The van der Waals surface area contributed by atoms with Gasteiger partial charge in [-0.1, -0.05) is 24.3 Å². The number of benzene rings is 3. The number of carbonyl (C=O) groups is 1. The maximum absolute atomic E-state index is 10.7. The van der Waals surface area contributed by atoms with Crippen molar-refractivity contribution in [3.05, 3.63) is 84.4 Å². The van der Waals surface area contributed by atoms with E-state index in [0.29, 0.717) is 28.6 Å². The van der Waals surface area contributed by atoms with Gasteiger partial charge in [-0.05, 0) is 60.2 Å². The summed E-state index contributed by atoms with van der Waals surface area (Å²) in [6, 6.07) is 20.3. The fourth-order valence-corrected chi connectivity index (χ4v) is 2.90. The lowest BCUT2D eigenvalue weighted by atomic mass is 10.1. The van der Waals surface area contributed by atoms with Crippen LogP contribution in [0, 0.1) is 0 Å². The minimum Gasteiger partial charge on any atom is -0.508 e. The van der Waals surface area contributed by atoms with Crippen molar-refractivity contribution < 1.29 is 20.1 Å². The maximum atomic E-state index is 10.7. The fraction of sp³-hybridized carbons (Fsp3) is 0. The molecule has 0 saturated carbocycles. The molecule has 0 amide bonds. The first-order valence-electron chi connectivity index (χ1n) is 9.34. The highest BCUT2D eigenvalue weighted by atomic mass is 16.4. The van der Waals surface area contributed by atoms with Crippen molar-refractivity contribution >= 4 is 12.0 Å². The second-order valence-electron chi connectivity index (χ2n) is 6.69. The van der Waals surface area contributed by atoms with Crippen LogP contribution in [0.15, 0.2) is 78.9 Å². The smallest absolute Gasteiger partial charge is 0.328 e. The number of aliphatic carboxylic acids is 1. The molecule has 0 saturated heterocycles. The lowest BCUT2D eigenvalue weighted by Gasteiger charge is -2.09. The highest BCUT2D eigenvalue weighted by Gasteiger charge is 2.12. The standard InChI is InChI=1S/C24H17N3O4/c28-19-10-6-17(7-11-19)23-25-22(16-4-1-15(2-5-16)3-14-21(30)31)26-24(27-23)18-8-12-20(29)13-9-18/h1-14,28-29H,(H,30,31)/b14-3+. The SMILES string of the molecule is O=C(O)/C=C/c1ccc(-c2nc(-c3ccc(O)cc3)nc(-c3ccc(O)cc3)n2)cc1. The Hall–Kier alpha value is -4.52. The molecule has 3 N–H and O–H groups in total. The van der Waals surface area contributed by atoms with Crippen molar-refractivity contribution in [1.82, 2.24) is 15.0 Å². The molecule has 3 aromatic carbocycles. The minimum atomic E-state index is -1.02. The number of phenols is 2. The zero-order valence-electron chi connectivity index (χ0n) is 16.2. The summed E-state index contributed by atoms with van der Waals surface area (Å²) in [5.41, 5.74) is 2.89. The van der Waals surface area contributed by atoms with E-state index >= 15 is 0 Å². The monoisotopic (exact) mass is 411 g/mol. The Kier molecular flexibility index (Phi) is 5.40. The van der Waals surface area contributed by atoms with Gasteiger partial charge in [0.2, 0.25) is 0 Å². The number of rotatable bonds is 5. The van der Waals surface area contributed by atoms with Gasteiger partial charge in [-0.15, -0.1) is 0 Å². The Labute approximate surface area is 177 Å². The fourth-order valence-electron chi connectivity index (χ4n) is 2.90. The van der Waals surface area contributed by atoms with Gasteiger partial charge in [0.05, 0.1) is 0 Å². The summed E-state index contributed by atoms with van der Waals surface area (Å²) in [6.45, 7) is 0. The van der Waals surface area contributed by atoms with Crippen molar-refractivity contribution in [3.8, 4) is 45.7 Å². The zero-order valence-corrected chi connectivity index (χ0v) is 16.2. The topological polar surface area (TPSA) is 116 Å². The molecule has 1 aromatic heterocycles. The molecular formula is C24H17N3O4. The molecule has 152 valence electrons. The number of hydrogen-bond acceptors (Lipinski definition) is 6. The molecule has 0 bridgehead atoms. The van der Waals surface area contributed by atoms with E-state index < -0.39 is 5.97 Å². The minimum absolute atomic E-state index is 0.141. The van der Waals surface area contributed by atoms with Crippen molar-refractivity contribution in [2.75, 3.05) is 0 Å². The van der Waals surface area contributed by atoms with Crippen molar-refractivity contribution in [1.29, 1.82) is 0 Å². The molecule has 7 nitrogen and oxygen atoms in total. The van der Waals surface area contributed by atoms with Crippen molar-refractivity contribution in [2.24, 2.45) is 0 Å². The molecule has 4 aromatic rings. The number of phenolic OH excluding ortho intramolecular Hbond substituents is 2. The van der Waals surface area contributed by atoms with E-state index in [0.717, 1.165) is 17.2 Å². The molecule has 7 heteroatoms. The number of hydrogen-bond donors (Lipinski definition) is 3. The van der Waals surface area contributed by atoms with Crippen LogP contribution in [0.5, 0.6) is 11.5 Å². The first-order valence-corrected chi connectivity index (χ1v) is 9.34. The number of carboxylic acid groups (broad SMARTS) is 1. The third kappa shape index (κ3) is 4.73. The Morgan fingerprint density at radius 1 is 0.613 bits per heavy atom. The van der Waals surface area contributed by atoms with E-state index in [9.17, 15) is 15.0 Å². The highest BCUT2D eigenvalue weighted by molar-refractivity contribution is 5.85. The third-order valence-corrected chi connectivity index (χ3v) is 4.47. The summed E-state index contributed by atoms with van der Waals surface area (Å²) in [5, 5.41) is 27.9. The molecule has 0 spiro atoms. The molecule has 0 radical (unpaired) electrons. The molecule has 31 heavy (non-hydrogen) atoms. The van der Waals surface area contributed by atoms with Gasteiger partial charge in [-0.3, -0.25) is 0 Å². The van der Waals surface area contributed by atoms with Crippen LogP contribution < -0.4 is 0 Å². The van der Waals surface area contributed by atoms with Gasteiger partial charge in [0.1, 0.15) is 11.5 Å². The van der Waals surface area contributed by atoms with E-state index in [4.69, 9.17) is 5.11 Å². The predicted octanol–water partition coefficient (Wildman–Crippen LogP) is 4.38. The summed E-state index contributed by atoms with van der Waals surface area (Å²) in [5.74, 6) is 0.572. The third-order valence-electron chi connectivity index (χ3n) is 4.47. The second-order valence-corrected chi connectivity index (χ2v) is 6.69. The van der Waals surface area contributed by atoms with Gasteiger partial charge in [0, 0.05) is 22.8 Å². The summed E-state index contributed by atoms with van der Waals surface area (Å²) in [7, 11) is 0. The van der Waals surface area contributed by atoms with Crippen LogP contribution in [0.1, 0.15) is 5.56 Å². The Balaban J connectivity index is 1.80. The van der Waals surface area contributed by atoms with Crippen LogP contribution >= 0.6 is 0 Å². The average molecular weight is 411 g/mol. The Morgan fingerprint density at radius 3 is 1.32 bits per heavy atom. The van der Waals surface area contributed by atoms with E-state index in [1.54, 1.807) is 72.8 Å². The first-order chi connectivity index (χ1) is 15.0.